The van der Waals surface area contributed by atoms with Crippen molar-refractivity contribution in [1.29, 1.82) is 0 Å². The molecule has 1 aliphatic carbocycles. The summed E-state index contributed by atoms with van der Waals surface area (Å²) in [6.07, 6.45) is 4.33. The van der Waals surface area contributed by atoms with E-state index in [1.54, 1.807) is 30.6 Å². The predicted molar refractivity (Wildman–Crippen MR) is 78.6 cm³/mol. The van der Waals surface area contributed by atoms with Gasteiger partial charge in [-0.2, -0.15) is 0 Å². The van der Waals surface area contributed by atoms with Gasteiger partial charge in [0.05, 0.1) is 6.42 Å². The second-order valence-corrected chi connectivity index (χ2v) is 5.60. The molecule has 1 saturated carbocycles. The van der Waals surface area contributed by atoms with Crippen LogP contribution in [0.4, 0.5) is 4.39 Å². The number of nitrogens with one attached hydrogen (secondary N) is 1. The van der Waals surface area contributed by atoms with Gasteiger partial charge in [-0.25, -0.2) is 4.39 Å². The molecule has 108 valence electrons. The summed E-state index contributed by atoms with van der Waals surface area (Å²) in [5.74, 6) is -0.420. The molecule has 1 heterocycles. The third-order valence-corrected chi connectivity index (χ3v) is 3.92. The molecule has 1 aromatic carbocycles. The first-order chi connectivity index (χ1) is 10.1. The van der Waals surface area contributed by atoms with Crippen molar-refractivity contribution in [3.63, 3.8) is 0 Å². The van der Waals surface area contributed by atoms with Crippen molar-refractivity contribution in [3.8, 4) is 0 Å². The number of halogens is 2. The Morgan fingerprint density at radius 2 is 2.24 bits per heavy atom. The molecule has 3 rings (SSSR count). The van der Waals surface area contributed by atoms with Crippen LogP contribution in [0.25, 0.3) is 0 Å². The van der Waals surface area contributed by atoms with Gasteiger partial charge in [0.1, 0.15) is 5.82 Å². The van der Waals surface area contributed by atoms with Crippen molar-refractivity contribution in [3.05, 3.63) is 64.7 Å². The normalized spacial score (nSPS) is 20.1. The van der Waals surface area contributed by atoms with Crippen molar-refractivity contribution < 1.29 is 9.18 Å². The van der Waals surface area contributed by atoms with E-state index in [1.807, 2.05) is 6.07 Å². The van der Waals surface area contributed by atoms with Crippen LogP contribution < -0.4 is 5.32 Å². The maximum absolute atomic E-state index is 13.8. The lowest BCUT2D eigenvalue weighted by atomic mass is 10.1. The van der Waals surface area contributed by atoms with Gasteiger partial charge < -0.3 is 5.32 Å². The van der Waals surface area contributed by atoms with E-state index in [-0.39, 0.29) is 30.1 Å². The monoisotopic (exact) mass is 304 g/mol. The van der Waals surface area contributed by atoms with Gasteiger partial charge in [-0.05, 0) is 30.2 Å². The fourth-order valence-electron chi connectivity index (χ4n) is 2.48. The summed E-state index contributed by atoms with van der Waals surface area (Å²) >= 11 is 6.04. The predicted octanol–water partition coefficient (Wildman–Crippen LogP) is 3.09. The highest BCUT2D eigenvalue weighted by Crippen LogP contribution is 2.44. The Hall–Kier alpha value is -1.94. The number of carbonyl (C=O) groups is 1. The summed E-state index contributed by atoms with van der Waals surface area (Å²) < 4.78 is 13.8. The fraction of sp³-hybridized carbons (Fsp3) is 0.250. The van der Waals surface area contributed by atoms with E-state index in [9.17, 15) is 9.18 Å². The van der Waals surface area contributed by atoms with Gasteiger partial charge in [0, 0.05) is 34.9 Å². The van der Waals surface area contributed by atoms with Crippen molar-refractivity contribution in [2.45, 2.75) is 24.8 Å². The third-order valence-electron chi connectivity index (χ3n) is 3.59. The van der Waals surface area contributed by atoms with E-state index in [0.29, 0.717) is 10.6 Å². The maximum atomic E-state index is 13.8. The van der Waals surface area contributed by atoms with Gasteiger partial charge >= 0.3 is 0 Å². The van der Waals surface area contributed by atoms with E-state index in [1.165, 1.54) is 6.07 Å². The molecule has 1 amide bonds. The zero-order valence-electron chi connectivity index (χ0n) is 11.2. The zero-order chi connectivity index (χ0) is 14.8. The third kappa shape index (κ3) is 3.22. The van der Waals surface area contributed by atoms with E-state index in [4.69, 9.17) is 11.6 Å². The van der Waals surface area contributed by atoms with E-state index >= 15 is 0 Å². The minimum atomic E-state index is -0.309. The summed E-state index contributed by atoms with van der Waals surface area (Å²) in [5.41, 5.74) is 1.36. The van der Waals surface area contributed by atoms with E-state index in [2.05, 4.69) is 10.3 Å². The zero-order valence-corrected chi connectivity index (χ0v) is 12.0. The molecule has 0 radical (unpaired) electrons. The molecule has 21 heavy (non-hydrogen) atoms. The molecule has 1 aromatic heterocycles. The Kier molecular flexibility index (Phi) is 3.88. The van der Waals surface area contributed by atoms with E-state index in [0.717, 1.165) is 12.0 Å². The first-order valence-corrected chi connectivity index (χ1v) is 7.15. The highest BCUT2D eigenvalue weighted by Gasteiger charge is 2.42. The molecule has 0 saturated heterocycles. The Bertz CT molecular complexity index is 642. The molecular formula is C16H14ClFN2O. The summed E-state index contributed by atoms with van der Waals surface area (Å²) in [5, 5.41) is 3.33. The van der Waals surface area contributed by atoms with Gasteiger partial charge in [0.15, 0.2) is 0 Å². The number of amides is 1. The minimum Gasteiger partial charge on any atom is -0.352 e. The van der Waals surface area contributed by atoms with Crippen LogP contribution in [-0.4, -0.2) is 16.9 Å². The van der Waals surface area contributed by atoms with E-state index < -0.39 is 0 Å². The van der Waals surface area contributed by atoms with Gasteiger partial charge in [-0.1, -0.05) is 23.7 Å². The Labute approximate surface area is 127 Å². The second-order valence-electron chi connectivity index (χ2n) is 5.19. The van der Waals surface area contributed by atoms with Crippen LogP contribution in [0.2, 0.25) is 5.02 Å². The molecule has 2 aromatic rings. The number of benzene rings is 1. The lowest BCUT2D eigenvalue weighted by molar-refractivity contribution is -0.120. The molecule has 0 unspecified atom stereocenters. The number of hydrogen-bond acceptors (Lipinski definition) is 2. The summed E-state index contributed by atoms with van der Waals surface area (Å²) in [6, 6.07) is 8.26. The van der Waals surface area contributed by atoms with Gasteiger partial charge in [-0.3, -0.25) is 9.78 Å². The number of pyridine rings is 1. The number of carbonyl (C=O) groups excluding carboxylic acids is 1. The molecule has 1 N–H and O–H groups in total. The lowest BCUT2D eigenvalue weighted by Gasteiger charge is -2.07. The SMILES string of the molecule is O=C(Cc1cccnc1)N[C@@H]1C[C@H]1c1c(F)cccc1Cl. The van der Waals surface area contributed by atoms with Gasteiger partial charge in [0.25, 0.3) is 0 Å². The van der Waals surface area contributed by atoms with Gasteiger partial charge in [0.2, 0.25) is 5.91 Å². The standard InChI is InChI=1S/C16H14ClFN2O/c17-12-4-1-5-13(18)16(12)11-8-14(11)20-15(21)7-10-3-2-6-19-9-10/h1-6,9,11,14H,7-8H2,(H,20,21)/t11-,14-/m1/s1. The van der Waals surface area contributed by atoms with Crippen LogP contribution in [0, 0.1) is 5.82 Å². The number of rotatable bonds is 4. The summed E-state index contributed by atoms with van der Waals surface area (Å²) in [7, 11) is 0. The Morgan fingerprint density at radius 1 is 1.38 bits per heavy atom. The number of aromatic nitrogens is 1. The van der Waals surface area contributed by atoms with Crippen molar-refractivity contribution in [1.82, 2.24) is 10.3 Å². The average molecular weight is 305 g/mol. The van der Waals surface area contributed by atoms with Gasteiger partial charge in [-0.15, -0.1) is 0 Å². The average Bonchev–Trinajstić information content (AvgIpc) is 3.18. The molecular weight excluding hydrogens is 291 g/mol. The molecule has 1 aliphatic rings. The number of nitrogens with zero attached hydrogens (tertiary/aromatic N) is 1. The molecule has 1 fully saturated rings. The van der Waals surface area contributed by atoms with Crippen LogP contribution >= 0.6 is 11.6 Å². The van der Waals surface area contributed by atoms with Crippen LogP contribution in [0.3, 0.4) is 0 Å². The molecule has 3 nitrogen and oxygen atoms in total. The highest BCUT2D eigenvalue weighted by molar-refractivity contribution is 6.31. The van der Waals surface area contributed by atoms with Crippen LogP contribution in [0.5, 0.6) is 0 Å². The summed E-state index contributed by atoms with van der Waals surface area (Å²) in [4.78, 5) is 15.9. The van der Waals surface area contributed by atoms with Crippen LogP contribution in [0.15, 0.2) is 42.7 Å². The second kappa shape index (κ2) is 5.82. The Morgan fingerprint density at radius 3 is 2.95 bits per heavy atom. The van der Waals surface area contributed by atoms with Crippen LogP contribution in [0.1, 0.15) is 23.5 Å². The smallest absolute Gasteiger partial charge is 0.224 e. The molecule has 5 heteroatoms. The molecule has 0 spiro atoms. The molecule has 0 bridgehead atoms. The Balaban J connectivity index is 1.60. The fourth-order valence-corrected chi connectivity index (χ4v) is 2.79. The topological polar surface area (TPSA) is 42.0 Å². The lowest BCUT2D eigenvalue weighted by Crippen LogP contribution is -2.28. The van der Waals surface area contributed by atoms with Crippen molar-refractivity contribution in [2.24, 2.45) is 0 Å². The minimum absolute atomic E-state index is 0.0310. The van der Waals surface area contributed by atoms with Crippen molar-refractivity contribution >= 4 is 17.5 Å². The van der Waals surface area contributed by atoms with Crippen molar-refractivity contribution in [2.75, 3.05) is 0 Å². The first-order valence-electron chi connectivity index (χ1n) is 6.77. The summed E-state index contributed by atoms with van der Waals surface area (Å²) in [6.45, 7) is 0. The highest BCUT2D eigenvalue weighted by atomic mass is 35.5. The molecule has 0 aliphatic heterocycles. The maximum Gasteiger partial charge on any atom is 0.224 e. The first kappa shape index (κ1) is 14.0. The quantitative estimate of drug-likeness (QED) is 0.943. The van der Waals surface area contributed by atoms with Crippen LogP contribution in [-0.2, 0) is 11.2 Å². The number of hydrogen-bond donors (Lipinski definition) is 1. The largest absolute Gasteiger partial charge is 0.352 e. The molecule has 2 atom stereocenters.